The number of thiol groups is 1. The molecule has 3 heterocycles. The number of pyridine rings is 1. The molecule has 7 nitrogen and oxygen atoms in total. The zero-order valence-electron chi connectivity index (χ0n) is 20.7. The number of rotatable bonds is 7. The number of halogens is 2. The van der Waals surface area contributed by atoms with Gasteiger partial charge in [0.2, 0.25) is 0 Å². The van der Waals surface area contributed by atoms with Gasteiger partial charge in [-0.15, -0.1) is 0 Å². The first-order valence-corrected chi connectivity index (χ1v) is 13.7. The summed E-state index contributed by atoms with van der Waals surface area (Å²) in [6.45, 7) is 4.29. The molecule has 1 aliphatic carbocycles. The molecule has 10 heteroatoms. The first kappa shape index (κ1) is 26.8. The van der Waals surface area contributed by atoms with E-state index in [1.165, 1.54) is 5.69 Å². The van der Waals surface area contributed by atoms with Gasteiger partial charge in [0.15, 0.2) is 0 Å². The lowest BCUT2D eigenvalue weighted by molar-refractivity contribution is -0.0980. The number of nitrogens with zero attached hydrogens (tertiary/aromatic N) is 3. The highest BCUT2D eigenvalue weighted by Gasteiger charge is 2.34. The maximum Gasteiger partial charge on any atom is 0.145 e. The predicted octanol–water partition coefficient (Wildman–Crippen LogP) is 7.33. The number of hydrogen-bond acceptors (Lipinski definition) is 8. The van der Waals surface area contributed by atoms with E-state index >= 15 is 0 Å². The van der Waals surface area contributed by atoms with Crippen LogP contribution in [0.5, 0.6) is 0 Å². The van der Waals surface area contributed by atoms with Gasteiger partial charge in [-0.2, -0.15) is 0 Å². The Balaban J connectivity index is 0.00000144. The van der Waals surface area contributed by atoms with E-state index in [1.54, 1.807) is 6.20 Å². The van der Waals surface area contributed by atoms with Crippen LogP contribution < -0.4 is 9.62 Å². The second kappa shape index (κ2) is 11.9. The zero-order chi connectivity index (χ0) is 26.6. The van der Waals surface area contributed by atoms with E-state index in [1.807, 2.05) is 31.1 Å². The molecule has 2 aliphatic rings. The molecular weight excluding hydrogens is 543 g/mol. The van der Waals surface area contributed by atoms with Gasteiger partial charge >= 0.3 is 0 Å². The van der Waals surface area contributed by atoms with Crippen LogP contribution in [0.3, 0.4) is 0 Å². The van der Waals surface area contributed by atoms with Crippen molar-refractivity contribution in [3.63, 3.8) is 0 Å². The van der Waals surface area contributed by atoms with Crippen LogP contribution in [-0.4, -0.2) is 36.1 Å². The SMILES string of the molecule is C=O.SNc1cnc2cc(N3CCC(OCc4c(-c5c(Cl)cccc5Cl)noc4C4CC4)CC3)ccc2c1. The average Bonchev–Trinajstić information content (AvgIpc) is 3.72. The normalized spacial score (nSPS) is 15.8. The lowest BCUT2D eigenvalue weighted by atomic mass is 10.0. The van der Waals surface area contributed by atoms with Crippen molar-refractivity contribution in [3.05, 3.63) is 70.0 Å². The van der Waals surface area contributed by atoms with Gasteiger partial charge in [0.05, 0.1) is 40.2 Å². The summed E-state index contributed by atoms with van der Waals surface area (Å²) in [5.74, 6) is 1.33. The molecule has 0 amide bonds. The Morgan fingerprint density at radius 3 is 2.50 bits per heavy atom. The van der Waals surface area contributed by atoms with Crippen LogP contribution >= 0.6 is 36.0 Å². The highest BCUT2D eigenvalue weighted by atomic mass is 35.5. The maximum absolute atomic E-state index is 8.00. The zero-order valence-corrected chi connectivity index (χ0v) is 23.1. The summed E-state index contributed by atoms with van der Waals surface area (Å²) in [7, 11) is 0. The number of aromatic nitrogens is 2. The molecule has 198 valence electrons. The van der Waals surface area contributed by atoms with Crippen LogP contribution in [0.4, 0.5) is 11.4 Å². The number of ether oxygens (including phenoxy) is 1. The highest BCUT2D eigenvalue weighted by molar-refractivity contribution is 7.81. The van der Waals surface area contributed by atoms with E-state index < -0.39 is 0 Å². The molecular formula is C28H28Cl2N4O3S. The number of carbonyl (C=O) groups is 1. The van der Waals surface area contributed by atoms with Crippen LogP contribution in [0, 0.1) is 0 Å². The largest absolute Gasteiger partial charge is 0.373 e. The Morgan fingerprint density at radius 2 is 1.82 bits per heavy atom. The van der Waals surface area contributed by atoms with Gasteiger partial charge in [0.25, 0.3) is 0 Å². The molecule has 1 saturated carbocycles. The summed E-state index contributed by atoms with van der Waals surface area (Å²) < 4.78 is 15.0. The van der Waals surface area contributed by atoms with E-state index in [0.717, 1.165) is 66.7 Å². The standard InChI is InChI=1S/C27H26Cl2N4O2S.CH2O/c28-22-2-1-3-23(29)25(22)26-21(27(35-31-26)16-4-5-16)15-34-20-8-10-33(11-9-20)19-7-6-17-12-18(32-36)14-30-24(17)13-19;1-2/h1-3,6-7,12-14,16,20,32,36H,4-5,8-11,15H2;1H2. The fourth-order valence-electron chi connectivity index (χ4n) is 4.90. The van der Waals surface area contributed by atoms with Crippen LogP contribution in [0.25, 0.3) is 22.2 Å². The third-order valence-corrected chi connectivity index (χ3v) is 7.92. The molecule has 0 radical (unpaired) electrons. The lowest BCUT2D eigenvalue weighted by Crippen LogP contribution is -2.37. The third-order valence-electron chi connectivity index (χ3n) is 7.03. The van der Waals surface area contributed by atoms with Crippen molar-refractivity contribution in [1.29, 1.82) is 0 Å². The summed E-state index contributed by atoms with van der Waals surface area (Å²) in [6, 6.07) is 14.0. The molecule has 4 aromatic rings. The van der Waals surface area contributed by atoms with Crippen molar-refractivity contribution in [1.82, 2.24) is 10.1 Å². The van der Waals surface area contributed by atoms with E-state index in [9.17, 15) is 0 Å². The lowest BCUT2D eigenvalue weighted by Gasteiger charge is -2.33. The molecule has 2 aromatic carbocycles. The number of nitrogens with one attached hydrogen (secondary N) is 1. The molecule has 1 aliphatic heterocycles. The average molecular weight is 572 g/mol. The number of carbonyl (C=O) groups excluding carboxylic acids is 1. The van der Waals surface area contributed by atoms with Crippen molar-refractivity contribution in [2.24, 2.45) is 0 Å². The smallest absolute Gasteiger partial charge is 0.145 e. The van der Waals surface area contributed by atoms with Crippen molar-refractivity contribution >= 4 is 65.1 Å². The van der Waals surface area contributed by atoms with Crippen LogP contribution in [-0.2, 0) is 16.1 Å². The molecule has 0 unspecified atom stereocenters. The number of benzene rings is 2. The molecule has 38 heavy (non-hydrogen) atoms. The Hall–Kier alpha value is -2.78. The molecule has 0 atom stereocenters. The number of hydrogen-bond donors (Lipinski definition) is 2. The third kappa shape index (κ3) is 5.64. The molecule has 1 saturated heterocycles. The number of piperidine rings is 1. The van der Waals surface area contributed by atoms with Crippen LogP contribution in [0.15, 0.2) is 53.2 Å². The van der Waals surface area contributed by atoms with E-state index in [2.05, 4.69) is 50.8 Å². The Bertz CT molecular complexity index is 1400. The fraction of sp³-hybridized carbons (Fsp3) is 0.321. The topological polar surface area (TPSA) is 80.5 Å². The quantitative estimate of drug-likeness (QED) is 0.225. The minimum absolute atomic E-state index is 0.167. The summed E-state index contributed by atoms with van der Waals surface area (Å²) in [5.41, 5.74) is 5.44. The molecule has 0 spiro atoms. The highest BCUT2D eigenvalue weighted by Crippen LogP contribution is 2.46. The van der Waals surface area contributed by atoms with E-state index in [4.69, 9.17) is 37.3 Å². The van der Waals surface area contributed by atoms with Crippen molar-refractivity contribution in [3.8, 4) is 11.3 Å². The molecule has 1 N–H and O–H groups in total. The van der Waals surface area contributed by atoms with Gasteiger partial charge in [-0.05, 0) is 56.0 Å². The summed E-state index contributed by atoms with van der Waals surface area (Å²) in [6.07, 6.45) is 6.08. The van der Waals surface area contributed by atoms with Crippen molar-refractivity contribution in [2.45, 2.75) is 44.3 Å². The minimum Gasteiger partial charge on any atom is -0.373 e. The monoisotopic (exact) mass is 570 g/mol. The van der Waals surface area contributed by atoms with Crippen LogP contribution in [0.2, 0.25) is 10.0 Å². The number of anilines is 2. The van der Waals surface area contributed by atoms with Gasteiger partial charge in [0, 0.05) is 41.2 Å². The first-order chi connectivity index (χ1) is 18.6. The molecule has 2 fully saturated rings. The van der Waals surface area contributed by atoms with Gasteiger partial charge in [-0.25, -0.2) is 0 Å². The van der Waals surface area contributed by atoms with E-state index in [0.29, 0.717) is 33.8 Å². The van der Waals surface area contributed by atoms with Crippen LogP contribution in [0.1, 0.15) is 42.9 Å². The minimum atomic E-state index is 0.167. The predicted molar refractivity (Wildman–Crippen MR) is 155 cm³/mol. The second-order valence-corrected chi connectivity index (χ2v) is 10.5. The van der Waals surface area contributed by atoms with Crippen molar-refractivity contribution < 1.29 is 14.1 Å². The van der Waals surface area contributed by atoms with Gasteiger partial charge < -0.3 is 23.7 Å². The molecule has 6 rings (SSSR count). The summed E-state index contributed by atoms with van der Waals surface area (Å²) in [5, 5.41) is 6.59. The Labute approximate surface area is 237 Å². The Morgan fingerprint density at radius 1 is 1.08 bits per heavy atom. The van der Waals surface area contributed by atoms with Gasteiger partial charge in [0.1, 0.15) is 18.2 Å². The fourth-order valence-corrected chi connectivity index (χ4v) is 5.60. The summed E-state index contributed by atoms with van der Waals surface area (Å²) >= 11 is 17.1. The maximum atomic E-state index is 8.00. The van der Waals surface area contributed by atoms with E-state index in [-0.39, 0.29) is 6.10 Å². The van der Waals surface area contributed by atoms with Gasteiger partial charge in [-0.3, -0.25) is 4.98 Å². The second-order valence-electron chi connectivity index (χ2n) is 9.46. The Kier molecular flexibility index (Phi) is 8.43. The van der Waals surface area contributed by atoms with Crippen molar-refractivity contribution in [2.75, 3.05) is 22.7 Å². The summed E-state index contributed by atoms with van der Waals surface area (Å²) in [4.78, 5) is 15.0. The molecule has 0 bridgehead atoms. The van der Waals surface area contributed by atoms with Gasteiger partial charge in [-0.1, -0.05) is 53.3 Å². The number of fused-ring (bicyclic) bond motifs is 1. The first-order valence-electron chi connectivity index (χ1n) is 12.5. The molecule has 2 aromatic heterocycles.